The van der Waals surface area contributed by atoms with Crippen molar-refractivity contribution in [2.24, 2.45) is 26.4 Å². The van der Waals surface area contributed by atoms with Crippen molar-refractivity contribution < 1.29 is 38.1 Å². The highest BCUT2D eigenvalue weighted by atomic mass is 16.6. The highest BCUT2D eigenvalue weighted by Gasteiger charge is 2.20. The van der Waals surface area contributed by atoms with E-state index in [1.54, 1.807) is 0 Å². The number of azo groups is 2. The highest BCUT2D eigenvalue weighted by molar-refractivity contribution is 5.73. The largest absolute Gasteiger partial charge is 0.452 e. The van der Waals surface area contributed by atoms with Crippen molar-refractivity contribution in [3.8, 4) is 0 Å². The molecule has 0 aromatic rings. The lowest BCUT2D eigenvalue weighted by Crippen LogP contribution is -2.11. The predicted molar refractivity (Wildman–Crippen MR) is 120 cm³/mol. The summed E-state index contributed by atoms with van der Waals surface area (Å²) >= 11 is 0. The van der Waals surface area contributed by atoms with Gasteiger partial charge in [-0.25, -0.2) is 19.2 Å². The topological polar surface area (TPSA) is 155 Å². The summed E-state index contributed by atoms with van der Waals surface area (Å²) in [6.07, 6.45) is 5.90. The van der Waals surface area contributed by atoms with E-state index in [2.05, 4.69) is 20.5 Å². The minimum atomic E-state index is -0.859. The minimum absolute atomic E-state index is 0.0717. The van der Waals surface area contributed by atoms with E-state index in [9.17, 15) is 19.2 Å². The summed E-state index contributed by atoms with van der Waals surface area (Å²) in [5.41, 5.74) is 0. The quantitative estimate of drug-likeness (QED) is 0.218. The lowest BCUT2D eigenvalue weighted by atomic mass is 10.2. The maximum Gasteiger partial charge on any atom is 0.452 e. The van der Waals surface area contributed by atoms with Crippen molar-refractivity contribution in [2.45, 2.75) is 97.2 Å². The molecule has 2 saturated carbocycles. The first-order valence-electron chi connectivity index (χ1n) is 11.9. The van der Waals surface area contributed by atoms with Crippen LogP contribution in [-0.4, -0.2) is 49.8 Å². The molecule has 4 amide bonds. The van der Waals surface area contributed by atoms with Gasteiger partial charge in [-0.1, -0.05) is 47.6 Å². The van der Waals surface area contributed by atoms with Crippen molar-refractivity contribution in [3.63, 3.8) is 0 Å². The molecular formula is C22H36N4O8. The van der Waals surface area contributed by atoms with Gasteiger partial charge in [0, 0.05) is 0 Å². The lowest BCUT2D eigenvalue weighted by molar-refractivity contribution is 0.107. The number of unbranched alkanes of at least 4 members (excludes halogenated alkanes) is 1. The first-order valence-corrected chi connectivity index (χ1v) is 11.9. The Labute approximate surface area is 199 Å². The van der Waals surface area contributed by atoms with Gasteiger partial charge in [0.2, 0.25) is 0 Å². The molecule has 0 aromatic carbocycles. The van der Waals surface area contributed by atoms with E-state index in [4.69, 9.17) is 18.9 Å². The molecule has 0 aromatic heterocycles. The third kappa shape index (κ3) is 15.0. The molecule has 0 atom stereocenters. The number of nitrogens with zero attached hydrogens (tertiary/aromatic N) is 4. The zero-order chi connectivity index (χ0) is 25.2. The molecule has 0 bridgehead atoms. The number of hydrogen-bond donors (Lipinski definition) is 0. The van der Waals surface area contributed by atoms with Gasteiger partial charge < -0.3 is 18.9 Å². The molecule has 2 fully saturated rings. The van der Waals surface area contributed by atoms with Crippen LogP contribution < -0.4 is 0 Å². The van der Waals surface area contributed by atoms with E-state index < -0.39 is 24.4 Å². The van der Waals surface area contributed by atoms with Gasteiger partial charge >= 0.3 is 24.4 Å². The van der Waals surface area contributed by atoms with E-state index in [0.717, 1.165) is 64.2 Å². The van der Waals surface area contributed by atoms with Gasteiger partial charge in [0.15, 0.2) is 0 Å². The molecule has 192 valence electrons. The van der Waals surface area contributed by atoms with Crippen LogP contribution in [0.5, 0.6) is 0 Å². The standard InChI is InChI=1S/2C11H18N2O4/c1-8(2)7-16-10(14)12-13-11(15)17-9-5-3-4-6-9;1-2-3-8-16-10(14)12-13-11(15)17-9-6-4-5-7-9/h8-9H,3-7H2,1-2H3;9H,2-8H2,1H3. The molecule has 2 aliphatic rings. The maximum absolute atomic E-state index is 11.2. The highest BCUT2D eigenvalue weighted by Crippen LogP contribution is 2.22. The molecule has 0 heterocycles. The van der Waals surface area contributed by atoms with Gasteiger partial charge in [-0.3, -0.25) is 0 Å². The molecule has 12 heteroatoms. The zero-order valence-electron chi connectivity index (χ0n) is 20.3. The molecule has 0 spiro atoms. The Morgan fingerprint density at radius 3 is 1.53 bits per heavy atom. The summed E-state index contributed by atoms with van der Waals surface area (Å²) < 4.78 is 19.4. The van der Waals surface area contributed by atoms with E-state index >= 15 is 0 Å². The summed E-state index contributed by atoms with van der Waals surface area (Å²) in [7, 11) is 0. The zero-order valence-corrected chi connectivity index (χ0v) is 20.3. The van der Waals surface area contributed by atoms with Gasteiger partial charge in [0.05, 0.1) is 13.2 Å². The Hall–Kier alpha value is -2.92. The van der Waals surface area contributed by atoms with Crippen LogP contribution in [0.3, 0.4) is 0 Å². The van der Waals surface area contributed by atoms with E-state index in [1.807, 2.05) is 20.8 Å². The minimum Gasteiger partial charge on any atom is -0.447 e. The van der Waals surface area contributed by atoms with Crippen LogP contribution in [0.15, 0.2) is 20.5 Å². The molecule has 2 aliphatic carbocycles. The number of rotatable bonds is 7. The lowest BCUT2D eigenvalue weighted by Gasteiger charge is -2.07. The molecule has 0 N–H and O–H groups in total. The first-order chi connectivity index (χ1) is 16.3. The Balaban J connectivity index is 0.000000340. The second kappa shape index (κ2) is 17.5. The summed E-state index contributed by atoms with van der Waals surface area (Å²) in [5.74, 6) is 0.222. The fourth-order valence-corrected chi connectivity index (χ4v) is 3.11. The Kier molecular flexibility index (Phi) is 15.0. The van der Waals surface area contributed by atoms with E-state index in [1.165, 1.54) is 0 Å². The summed E-state index contributed by atoms with van der Waals surface area (Å²) in [5, 5.41) is 12.6. The van der Waals surface area contributed by atoms with Crippen LogP contribution in [-0.2, 0) is 18.9 Å². The Morgan fingerprint density at radius 2 is 1.12 bits per heavy atom. The average Bonchev–Trinajstić information content (AvgIpc) is 3.50. The van der Waals surface area contributed by atoms with Crippen LogP contribution in [0.25, 0.3) is 0 Å². The monoisotopic (exact) mass is 484 g/mol. The number of carbonyl (C=O) groups is 4. The molecule has 0 radical (unpaired) electrons. The molecule has 12 nitrogen and oxygen atoms in total. The normalized spacial score (nSPS) is 16.5. The number of amides is 4. The van der Waals surface area contributed by atoms with E-state index in [-0.39, 0.29) is 24.7 Å². The number of carbonyl (C=O) groups excluding carboxylic acids is 4. The van der Waals surface area contributed by atoms with Crippen molar-refractivity contribution >= 4 is 24.4 Å². The number of hydrogen-bond acceptors (Lipinski definition) is 8. The van der Waals surface area contributed by atoms with Crippen LogP contribution in [0, 0.1) is 5.92 Å². The van der Waals surface area contributed by atoms with Crippen LogP contribution in [0.2, 0.25) is 0 Å². The van der Waals surface area contributed by atoms with Crippen LogP contribution >= 0.6 is 0 Å². The fraction of sp³-hybridized carbons (Fsp3) is 0.818. The summed E-state index contributed by atoms with van der Waals surface area (Å²) in [6, 6.07) is 0. The second-order valence-electron chi connectivity index (χ2n) is 8.42. The van der Waals surface area contributed by atoms with Crippen molar-refractivity contribution in [2.75, 3.05) is 13.2 Å². The molecule has 2 rings (SSSR count). The SMILES string of the molecule is CC(C)COC(=O)N=NC(=O)OC1CCCC1.CCCCOC(=O)N=NC(=O)OC1CCCC1. The third-order valence-electron chi connectivity index (χ3n) is 4.83. The number of ether oxygens (including phenoxy) is 4. The van der Waals surface area contributed by atoms with Crippen molar-refractivity contribution in [1.82, 2.24) is 0 Å². The van der Waals surface area contributed by atoms with Crippen molar-refractivity contribution in [1.29, 1.82) is 0 Å². The van der Waals surface area contributed by atoms with Gasteiger partial charge in [-0.15, -0.1) is 0 Å². The molecule has 0 unspecified atom stereocenters. The molecule has 0 saturated heterocycles. The summed E-state index contributed by atoms with van der Waals surface area (Å²) in [4.78, 5) is 44.3. The van der Waals surface area contributed by atoms with Gasteiger partial charge in [-0.05, 0) is 63.7 Å². The van der Waals surface area contributed by atoms with Gasteiger partial charge in [0.1, 0.15) is 12.2 Å². The smallest absolute Gasteiger partial charge is 0.447 e. The van der Waals surface area contributed by atoms with Gasteiger partial charge in [-0.2, -0.15) is 0 Å². The van der Waals surface area contributed by atoms with Crippen LogP contribution in [0.4, 0.5) is 19.2 Å². The first kappa shape index (κ1) is 29.1. The average molecular weight is 485 g/mol. The fourth-order valence-electron chi connectivity index (χ4n) is 3.11. The Bertz CT molecular complexity index is 699. The Morgan fingerprint density at radius 1 is 0.706 bits per heavy atom. The maximum atomic E-state index is 11.2. The van der Waals surface area contributed by atoms with Crippen LogP contribution in [0.1, 0.15) is 85.0 Å². The summed E-state index contributed by atoms with van der Waals surface area (Å²) in [6.45, 7) is 6.34. The van der Waals surface area contributed by atoms with Gasteiger partial charge in [0.25, 0.3) is 0 Å². The van der Waals surface area contributed by atoms with Crippen molar-refractivity contribution in [3.05, 3.63) is 0 Å². The predicted octanol–water partition coefficient (Wildman–Crippen LogP) is 6.76. The third-order valence-corrected chi connectivity index (χ3v) is 4.83. The van der Waals surface area contributed by atoms with E-state index in [0.29, 0.717) is 6.61 Å². The second-order valence-corrected chi connectivity index (χ2v) is 8.42. The molecule has 34 heavy (non-hydrogen) atoms. The molecule has 0 aliphatic heterocycles. The molecular weight excluding hydrogens is 448 g/mol.